The lowest BCUT2D eigenvalue weighted by Gasteiger charge is -2.07. The molecule has 0 aliphatic carbocycles. The standard InChI is InChI=1S/C22H24N4O4/c1-12-9-19(24-21-20(12)13(2)25-26(21)4)29-11-16-14(3)30-22(23-16)15-7-8-17(27-5)18(10-15)28-6/h7-10H,11H2,1-6H3. The third-order valence-corrected chi connectivity index (χ3v) is 5.02. The van der Waals surface area contributed by atoms with Crippen molar-refractivity contribution in [2.24, 2.45) is 7.05 Å². The molecule has 0 bridgehead atoms. The molecule has 0 N–H and O–H groups in total. The second-order valence-corrected chi connectivity index (χ2v) is 7.07. The van der Waals surface area contributed by atoms with Gasteiger partial charge in [-0.2, -0.15) is 10.1 Å². The van der Waals surface area contributed by atoms with Crippen LogP contribution < -0.4 is 14.2 Å². The smallest absolute Gasteiger partial charge is 0.226 e. The molecular formula is C22H24N4O4. The van der Waals surface area contributed by atoms with Crippen molar-refractivity contribution >= 4 is 11.0 Å². The highest BCUT2D eigenvalue weighted by molar-refractivity contribution is 5.82. The van der Waals surface area contributed by atoms with Gasteiger partial charge in [0.25, 0.3) is 0 Å². The number of fused-ring (bicyclic) bond motifs is 1. The summed E-state index contributed by atoms with van der Waals surface area (Å²) in [6, 6.07) is 7.45. The molecule has 1 aromatic carbocycles. The van der Waals surface area contributed by atoms with E-state index in [1.807, 2.05) is 52.1 Å². The summed E-state index contributed by atoms with van der Waals surface area (Å²) in [6.07, 6.45) is 0. The number of benzene rings is 1. The van der Waals surface area contributed by atoms with Gasteiger partial charge in [0.15, 0.2) is 17.1 Å². The van der Waals surface area contributed by atoms with Gasteiger partial charge in [-0.25, -0.2) is 4.98 Å². The van der Waals surface area contributed by atoms with E-state index < -0.39 is 0 Å². The Morgan fingerprint density at radius 3 is 2.50 bits per heavy atom. The summed E-state index contributed by atoms with van der Waals surface area (Å²) < 4.78 is 24.2. The van der Waals surface area contributed by atoms with Crippen LogP contribution in [0.3, 0.4) is 0 Å². The lowest BCUT2D eigenvalue weighted by Crippen LogP contribution is -2.01. The molecular weight excluding hydrogens is 384 g/mol. The second kappa shape index (κ2) is 7.70. The van der Waals surface area contributed by atoms with Gasteiger partial charge in [-0.3, -0.25) is 4.68 Å². The number of nitrogens with zero attached hydrogens (tertiary/aromatic N) is 4. The van der Waals surface area contributed by atoms with Gasteiger partial charge < -0.3 is 18.6 Å². The summed E-state index contributed by atoms with van der Waals surface area (Å²) in [5, 5.41) is 5.49. The summed E-state index contributed by atoms with van der Waals surface area (Å²) in [6.45, 7) is 6.12. The highest BCUT2D eigenvalue weighted by Gasteiger charge is 2.16. The first-order valence-corrected chi connectivity index (χ1v) is 9.53. The highest BCUT2D eigenvalue weighted by Crippen LogP contribution is 2.33. The normalized spacial score (nSPS) is 11.1. The monoisotopic (exact) mass is 408 g/mol. The number of pyridine rings is 1. The zero-order valence-electron chi connectivity index (χ0n) is 17.9. The summed E-state index contributed by atoms with van der Waals surface area (Å²) in [5.41, 5.74) is 4.33. The Morgan fingerprint density at radius 2 is 1.77 bits per heavy atom. The zero-order valence-corrected chi connectivity index (χ0v) is 17.9. The molecule has 3 heterocycles. The summed E-state index contributed by atoms with van der Waals surface area (Å²) in [5.74, 6) is 2.97. The van der Waals surface area contributed by atoms with Crippen LogP contribution in [0, 0.1) is 20.8 Å². The van der Waals surface area contributed by atoms with Gasteiger partial charge in [0.05, 0.1) is 19.9 Å². The Balaban J connectivity index is 1.58. The average molecular weight is 408 g/mol. The molecule has 0 aliphatic rings. The molecule has 0 amide bonds. The van der Waals surface area contributed by atoms with Crippen molar-refractivity contribution in [3.05, 3.63) is 47.0 Å². The molecule has 0 radical (unpaired) electrons. The minimum atomic E-state index is 0.247. The molecule has 4 aromatic rings. The summed E-state index contributed by atoms with van der Waals surface area (Å²) in [4.78, 5) is 9.20. The third-order valence-electron chi connectivity index (χ3n) is 5.02. The Morgan fingerprint density at radius 1 is 1.00 bits per heavy atom. The minimum Gasteiger partial charge on any atom is -0.493 e. The topological polar surface area (TPSA) is 84.4 Å². The van der Waals surface area contributed by atoms with Gasteiger partial charge in [0.1, 0.15) is 18.1 Å². The van der Waals surface area contributed by atoms with Crippen LogP contribution in [-0.4, -0.2) is 34.0 Å². The lowest BCUT2D eigenvalue weighted by atomic mass is 10.2. The number of oxazole rings is 1. The number of aromatic nitrogens is 4. The van der Waals surface area contributed by atoms with E-state index in [0.29, 0.717) is 34.7 Å². The van der Waals surface area contributed by atoms with Crippen LogP contribution in [0.15, 0.2) is 28.7 Å². The predicted molar refractivity (Wildman–Crippen MR) is 112 cm³/mol. The van der Waals surface area contributed by atoms with E-state index in [0.717, 1.165) is 27.9 Å². The molecule has 8 nitrogen and oxygen atoms in total. The molecule has 8 heteroatoms. The molecule has 0 saturated carbocycles. The first-order valence-electron chi connectivity index (χ1n) is 9.53. The van der Waals surface area contributed by atoms with Crippen molar-refractivity contribution in [1.29, 1.82) is 0 Å². The maximum atomic E-state index is 5.94. The molecule has 30 heavy (non-hydrogen) atoms. The lowest BCUT2D eigenvalue weighted by molar-refractivity contribution is 0.288. The van der Waals surface area contributed by atoms with Crippen LogP contribution in [-0.2, 0) is 13.7 Å². The highest BCUT2D eigenvalue weighted by atomic mass is 16.5. The Labute approximate surface area is 174 Å². The maximum absolute atomic E-state index is 5.94. The summed E-state index contributed by atoms with van der Waals surface area (Å²) in [7, 11) is 5.07. The van der Waals surface area contributed by atoms with Crippen molar-refractivity contribution in [2.75, 3.05) is 14.2 Å². The number of rotatable bonds is 6. The van der Waals surface area contributed by atoms with Gasteiger partial charge in [-0.05, 0) is 44.5 Å². The van der Waals surface area contributed by atoms with E-state index in [2.05, 4.69) is 15.1 Å². The van der Waals surface area contributed by atoms with Gasteiger partial charge in [-0.15, -0.1) is 0 Å². The number of hydrogen-bond donors (Lipinski definition) is 0. The quantitative estimate of drug-likeness (QED) is 0.474. The molecule has 0 aliphatic heterocycles. The van der Waals surface area contributed by atoms with Crippen molar-refractivity contribution < 1.29 is 18.6 Å². The van der Waals surface area contributed by atoms with E-state index >= 15 is 0 Å². The molecule has 0 spiro atoms. The zero-order chi connectivity index (χ0) is 21.4. The molecule has 0 saturated heterocycles. The fraction of sp³-hybridized carbons (Fsp3) is 0.318. The van der Waals surface area contributed by atoms with Crippen molar-refractivity contribution in [3.8, 4) is 28.8 Å². The van der Waals surface area contributed by atoms with Crippen molar-refractivity contribution in [2.45, 2.75) is 27.4 Å². The van der Waals surface area contributed by atoms with Gasteiger partial charge in [0, 0.05) is 24.1 Å². The molecule has 4 rings (SSSR count). The fourth-order valence-corrected chi connectivity index (χ4v) is 3.50. The Bertz CT molecular complexity index is 1230. The average Bonchev–Trinajstić information content (AvgIpc) is 3.25. The SMILES string of the molecule is COc1ccc(-c2nc(COc3cc(C)c4c(C)nn(C)c4n3)c(C)o2)cc1OC. The van der Waals surface area contributed by atoms with Crippen LogP contribution in [0.2, 0.25) is 0 Å². The largest absolute Gasteiger partial charge is 0.493 e. The molecule has 156 valence electrons. The first kappa shape index (κ1) is 19.8. The number of ether oxygens (including phenoxy) is 3. The molecule has 3 aromatic heterocycles. The van der Waals surface area contributed by atoms with Gasteiger partial charge in [0.2, 0.25) is 11.8 Å². The predicted octanol–water partition coefficient (Wildman–Crippen LogP) is 4.14. The first-order chi connectivity index (χ1) is 14.4. The third kappa shape index (κ3) is 3.45. The molecule has 0 fully saturated rings. The number of hydrogen-bond acceptors (Lipinski definition) is 7. The maximum Gasteiger partial charge on any atom is 0.226 e. The number of aryl methyl sites for hydroxylation is 4. The van der Waals surface area contributed by atoms with Crippen molar-refractivity contribution in [3.63, 3.8) is 0 Å². The molecule has 0 unspecified atom stereocenters. The van der Waals surface area contributed by atoms with Crippen LogP contribution >= 0.6 is 0 Å². The van der Waals surface area contributed by atoms with Crippen LogP contribution in [0.5, 0.6) is 17.4 Å². The Hall–Kier alpha value is -3.55. The van der Waals surface area contributed by atoms with E-state index in [1.165, 1.54) is 0 Å². The van der Waals surface area contributed by atoms with Crippen molar-refractivity contribution in [1.82, 2.24) is 19.7 Å². The van der Waals surface area contributed by atoms with Gasteiger partial charge in [-0.1, -0.05) is 0 Å². The van der Waals surface area contributed by atoms with E-state index in [-0.39, 0.29) is 6.61 Å². The van der Waals surface area contributed by atoms with Crippen LogP contribution in [0.1, 0.15) is 22.7 Å². The fourth-order valence-electron chi connectivity index (χ4n) is 3.50. The van der Waals surface area contributed by atoms with Crippen LogP contribution in [0.25, 0.3) is 22.5 Å². The van der Waals surface area contributed by atoms with Gasteiger partial charge >= 0.3 is 0 Å². The summed E-state index contributed by atoms with van der Waals surface area (Å²) >= 11 is 0. The second-order valence-electron chi connectivity index (χ2n) is 7.07. The minimum absolute atomic E-state index is 0.247. The Kier molecular flexibility index (Phi) is 5.07. The van der Waals surface area contributed by atoms with E-state index in [1.54, 1.807) is 18.9 Å². The number of methoxy groups -OCH3 is 2. The van der Waals surface area contributed by atoms with E-state index in [9.17, 15) is 0 Å². The van der Waals surface area contributed by atoms with E-state index in [4.69, 9.17) is 18.6 Å². The van der Waals surface area contributed by atoms with Crippen LogP contribution in [0.4, 0.5) is 0 Å². The molecule has 0 atom stereocenters.